The molecule has 2 amide bonds. The number of nitrogens with one attached hydrogen (secondary N) is 1. The molecule has 0 aliphatic heterocycles. The number of carbonyl (C=O) groups is 3. The van der Waals surface area contributed by atoms with Crippen LogP contribution in [0.5, 0.6) is 0 Å². The van der Waals surface area contributed by atoms with Gasteiger partial charge in [0.05, 0.1) is 43.8 Å². The SMILES string of the molecule is CC(=O)N(CCO)c1c(I)c(C(=O)NCCO)c(I)c(C(=O)OCCO)c1I. The summed E-state index contributed by atoms with van der Waals surface area (Å²) in [4.78, 5) is 38.7. The maximum atomic E-state index is 12.7. The van der Waals surface area contributed by atoms with Crippen molar-refractivity contribution in [3.8, 4) is 0 Å². The topological polar surface area (TPSA) is 136 Å². The van der Waals surface area contributed by atoms with Gasteiger partial charge in [-0.2, -0.15) is 0 Å². The smallest absolute Gasteiger partial charge is 0.340 e. The van der Waals surface area contributed by atoms with Crippen molar-refractivity contribution in [2.45, 2.75) is 6.92 Å². The fraction of sp³-hybridized carbons (Fsp3) is 0.438. The summed E-state index contributed by atoms with van der Waals surface area (Å²) in [6, 6.07) is 0. The third-order valence-corrected chi connectivity index (χ3v) is 6.60. The zero-order valence-corrected chi connectivity index (χ0v) is 21.3. The van der Waals surface area contributed by atoms with E-state index < -0.39 is 11.9 Å². The van der Waals surface area contributed by atoms with Crippen LogP contribution < -0.4 is 10.2 Å². The number of anilines is 1. The number of aliphatic hydroxyl groups is 3. The van der Waals surface area contributed by atoms with Gasteiger partial charge in [-0.05, 0) is 67.8 Å². The summed E-state index contributed by atoms with van der Waals surface area (Å²) in [5.74, 6) is -1.64. The molecule has 12 heteroatoms. The molecule has 9 nitrogen and oxygen atoms in total. The molecule has 0 radical (unpaired) electrons. The Labute approximate surface area is 202 Å². The molecule has 0 heterocycles. The lowest BCUT2D eigenvalue weighted by Gasteiger charge is -2.26. The molecule has 0 saturated heterocycles. The minimum atomic E-state index is -0.746. The van der Waals surface area contributed by atoms with Crippen LogP contribution >= 0.6 is 67.8 Å². The van der Waals surface area contributed by atoms with Crippen LogP contribution in [-0.2, 0) is 9.53 Å². The minimum absolute atomic E-state index is 0.0175. The lowest BCUT2D eigenvalue weighted by Crippen LogP contribution is -2.35. The van der Waals surface area contributed by atoms with E-state index in [2.05, 4.69) is 5.32 Å². The Morgan fingerprint density at radius 3 is 2.07 bits per heavy atom. The average Bonchev–Trinajstić information content (AvgIpc) is 2.63. The monoisotopic (exact) mass is 732 g/mol. The van der Waals surface area contributed by atoms with Crippen molar-refractivity contribution >= 4 is 91.2 Å². The van der Waals surface area contributed by atoms with Gasteiger partial charge in [0.1, 0.15) is 6.61 Å². The number of hydrogen-bond acceptors (Lipinski definition) is 7. The molecule has 0 aliphatic carbocycles. The molecule has 28 heavy (non-hydrogen) atoms. The van der Waals surface area contributed by atoms with E-state index in [0.717, 1.165) is 0 Å². The highest BCUT2D eigenvalue weighted by Crippen LogP contribution is 2.38. The largest absolute Gasteiger partial charge is 0.460 e. The van der Waals surface area contributed by atoms with E-state index in [0.29, 0.717) is 16.4 Å². The molecule has 0 bridgehead atoms. The van der Waals surface area contributed by atoms with Gasteiger partial charge in [-0.15, -0.1) is 0 Å². The summed E-state index contributed by atoms with van der Waals surface area (Å²) in [7, 11) is 0. The molecule has 0 aliphatic rings. The first-order chi connectivity index (χ1) is 13.2. The van der Waals surface area contributed by atoms with E-state index in [-0.39, 0.29) is 56.6 Å². The van der Waals surface area contributed by atoms with E-state index in [1.54, 1.807) is 0 Å². The van der Waals surface area contributed by atoms with Crippen molar-refractivity contribution < 1.29 is 34.4 Å². The van der Waals surface area contributed by atoms with Gasteiger partial charge in [0, 0.05) is 23.6 Å². The zero-order chi connectivity index (χ0) is 21.4. The molecule has 0 unspecified atom stereocenters. The van der Waals surface area contributed by atoms with E-state index in [4.69, 9.17) is 14.9 Å². The molecule has 1 aromatic rings. The second kappa shape index (κ2) is 12.4. The summed E-state index contributed by atoms with van der Waals surface area (Å²) in [6.45, 7) is 0.165. The van der Waals surface area contributed by atoms with Gasteiger partial charge < -0.3 is 30.3 Å². The van der Waals surface area contributed by atoms with E-state index in [1.165, 1.54) is 11.8 Å². The third-order valence-electron chi connectivity index (χ3n) is 3.42. The lowest BCUT2D eigenvalue weighted by molar-refractivity contribution is -0.116. The molecular weight excluding hydrogens is 713 g/mol. The van der Waals surface area contributed by atoms with Crippen LogP contribution in [0.4, 0.5) is 5.69 Å². The van der Waals surface area contributed by atoms with Crippen molar-refractivity contribution in [2.24, 2.45) is 0 Å². The Morgan fingerprint density at radius 2 is 1.57 bits per heavy atom. The van der Waals surface area contributed by atoms with E-state index in [9.17, 15) is 19.5 Å². The van der Waals surface area contributed by atoms with Crippen LogP contribution in [0.15, 0.2) is 0 Å². The van der Waals surface area contributed by atoms with Crippen LogP contribution in [0.2, 0.25) is 0 Å². The van der Waals surface area contributed by atoms with Gasteiger partial charge >= 0.3 is 5.97 Å². The van der Waals surface area contributed by atoms with Gasteiger partial charge in [0.2, 0.25) is 5.91 Å². The van der Waals surface area contributed by atoms with E-state index >= 15 is 0 Å². The van der Waals surface area contributed by atoms with Gasteiger partial charge in [0.25, 0.3) is 5.91 Å². The number of ether oxygens (including phenoxy) is 1. The number of amides is 2. The van der Waals surface area contributed by atoms with Crippen molar-refractivity contribution in [3.63, 3.8) is 0 Å². The third kappa shape index (κ3) is 6.10. The average molecular weight is 732 g/mol. The molecule has 4 N–H and O–H groups in total. The first-order valence-corrected chi connectivity index (χ1v) is 11.2. The Balaban J connectivity index is 3.76. The van der Waals surface area contributed by atoms with Gasteiger partial charge in [-0.1, -0.05) is 0 Å². The summed E-state index contributed by atoms with van der Waals surface area (Å²) in [6.07, 6.45) is 0. The van der Waals surface area contributed by atoms with Crippen LogP contribution in [0, 0.1) is 10.7 Å². The molecule has 0 spiro atoms. The van der Waals surface area contributed by atoms with Gasteiger partial charge in [-0.25, -0.2) is 4.79 Å². The predicted molar refractivity (Wildman–Crippen MR) is 126 cm³/mol. The summed E-state index contributed by atoms with van der Waals surface area (Å²) in [5.41, 5.74) is 0.557. The van der Waals surface area contributed by atoms with E-state index in [1.807, 2.05) is 67.8 Å². The standard InChI is InChI=1S/C16H19I3N2O7/c1-8(25)21(3-5-23)14-12(18)9(15(26)20-2-4-22)11(17)10(13(14)19)16(27)28-7-6-24/h22-24H,2-7H2,1H3,(H,20,26). The highest BCUT2D eigenvalue weighted by atomic mass is 127. The second-order valence-corrected chi connectivity index (χ2v) is 8.51. The van der Waals surface area contributed by atoms with Crippen molar-refractivity contribution in [2.75, 3.05) is 44.4 Å². The summed E-state index contributed by atoms with van der Waals surface area (Å²) < 4.78 is 6.15. The van der Waals surface area contributed by atoms with Crippen LogP contribution in [-0.4, -0.2) is 72.6 Å². The maximum Gasteiger partial charge on any atom is 0.340 e. The Bertz CT molecular complexity index is 711. The fourth-order valence-electron chi connectivity index (χ4n) is 2.26. The first-order valence-electron chi connectivity index (χ1n) is 7.99. The molecule has 156 valence electrons. The second-order valence-electron chi connectivity index (χ2n) is 5.27. The number of aliphatic hydroxyl groups excluding tert-OH is 3. The minimum Gasteiger partial charge on any atom is -0.460 e. The Morgan fingerprint density at radius 1 is 0.964 bits per heavy atom. The van der Waals surface area contributed by atoms with Gasteiger partial charge in [-0.3, -0.25) is 9.59 Å². The number of halogens is 3. The quantitative estimate of drug-likeness (QED) is 0.217. The maximum absolute atomic E-state index is 12.7. The number of hydrogen-bond donors (Lipinski definition) is 4. The number of benzene rings is 1. The highest BCUT2D eigenvalue weighted by molar-refractivity contribution is 14.1. The number of carbonyl (C=O) groups excluding carboxylic acids is 3. The molecule has 1 rings (SSSR count). The number of nitrogens with zero attached hydrogens (tertiary/aromatic N) is 1. The van der Waals surface area contributed by atoms with Crippen LogP contribution in [0.1, 0.15) is 27.6 Å². The van der Waals surface area contributed by atoms with Crippen molar-refractivity contribution in [1.82, 2.24) is 5.32 Å². The number of esters is 1. The van der Waals surface area contributed by atoms with Crippen molar-refractivity contribution in [3.05, 3.63) is 21.8 Å². The first kappa shape index (κ1) is 25.7. The van der Waals surface area contributed by atoms with Gasteiger partial charge in [0.15, 0.2) is 0 Å². The molecule has 0 fully saturated rings. The Kier molecular flexibility index (Phi) is 11.4. The lowest BCUT2D eigenvalue weighted by atomic mass is 10.1. The zero-order valence-electron chi connectivity index (χ0n) is 14.8. The van der Waals surface area contributed by atoms with Crippen LogP contribution in [0.25, 0.3) is 0 Å². The normalized spacial score (nSPS) is 10.5. The Hall–Kier alpha value is -0.300. The summed E-state index contributed by atoms with van der Waals surface area (Å²) in [5, 5.41) is 29.8. The molecular formula is C16H19I3N2O7. The number of rotatable bonds is 9. The fourth-order valence-corrected chi connectivity index (χ4v) is 6.94. The highest BCUT2D eigenvalue weighted by Gasteiger charge is 2.31. The van der Waals surface area contributed by atoms with Crippen LogP contribution in [0.3, 0.4) is 0 Å². The summed E-state index contributed by atoms with van der Waals surface area (Å²) >= 11 is 5.67. The predicted octanol–water partition coefficient (Wildman–Crippen LogP) is 0.717. The molecule has 1 aromatic carbocycles. The van der Waals surface area contributed by atoms with Crippen molar-refractivity contribution in [1.29, 1.82) is 0 Å². The molecule has 0 aromatic heterocycles. The molecule has 0 atom stereocenters. The molecule has 0 saturated carbocycles.